The summed E-state index contributed by atoms with van der Waals surface area (Å²) in [6.45, 7) is 13.5. The van der Waals surface area contributed by atoms with Crippen molar-refractivity contribution in [2.75, 3.05) is 5.32 Å². The molecule has 2 aromatic carbocycles. The van der Waals surface area contributed by atoms with Gasteiger partial charge in [0.25, 0.3) is 0 Å². The summed E-state index contributed by atoms with van der Waals surface area (Å²) in [5, 5.41) is 3.63. The fraction of sp³-hybridized carbons (Fsp3) is 0.536. The van der Waals surface area contributed by atoms with Gasteiger partial charge in [0.15, 0.2) is 0 Å². The number of aromatic nitrogens is 2. The summed E-state index contributed by atoms with van der Waals surface area (Å²) in [7, 11) is 0. The van der Waals surface area contributed by atoms with E-state index in [0.29, 0.717) is 17.4 Å². The van der Waals surface area contributed by atoms with Crippen molar-refractivity contribution < 1.29 is 4.74 Å². The minimum Gasteiger partial charge on any atom is -0.491 e. The largest absolute Gasteiger partial charge is 0.491 e. The van der Waals surface area contributed by atoms with E-state index in [1.54, 1.807) is 0 Å². The minimum absolute atomic E-state index is 0.173. The Morgan fingerprint density at radius 2 is 1.88 bits per heavy atom. The van der Waals surface area contributed by atoms with Crippen LogP contribution in [0, 0.1) is 11.3 Å². The molecule has 3 aromatic rings. The number of hydrogen-bond donors (Lipinski definition) is 1. The lowest BCUT2D eigenvalue weighted by Gasteiger charge is -2.40. The summed E-state index contributed by atoms with van der Waals surface area (Å²) in [4.78, 5) is 5.09. The average molecular weight is 434 g/mol. The van der Waals surface area contributed by atoms with Crippen molar-refractivity contribution in [1.82, 2.24) is 9.55 Å². The van der Waals surface area contributed by atoms with Crippen LogP contribution in [0.5, 0.6) is 5.75 Å². The molecule has 0 unspecified atom stereocenters. The maximum Gasteiger partial charge on any atom is 0.208 e. The lowest BCUT2D eigenvalue weighted by Crippen LogP contribution is -2.29. The molecule has 1 fully saturated rings. The van der Waals surface area contributed by atoms with E-state index in [1.807, 2.05) is 26.0 Å². The second-order valence-corrected chi connectivity index (χ2v) is 10.8. The Hall–Kier alpha value is -2.49. The van der Waals surface area contributed by atoms with Gasteiger partial charge in [-0.15, -0.1) is 0 Å². The Balaban J connectivity index is 1.72. The number of rotatable bonds is 7. The van der Waals surface area contributed by atoms with Crippen LogP contribution in [0.2, 0.25) is 0 Å². The average Bonchev–Trinajstić information content (AvgIpc) is 3.05. The summed E-state index contributed by atoms with van der Waals surface area (Å²) in [5.74, 6) is 2.55. The maximum atomic E-state index is 5.81. The summed E-state index contributed by atoms with van der Waals surface area (Å²) in [6, 6.07) is 15.5. The summed E-state index contributed by atoms with van der Waals surface area (Å²) in [5.41, 5.74) is 5.07. The monoisotopic (exact) mass is 433 g/mol. The first-order valence-electron chi connectivity index (χ1n) is 12.3. The first kappa shape index (κ1) is 22.7. The number of nitrogens with one attached hydrogen (secondary N) is 1. The highest BCUT2D eigenvalue weighted by Crippen LogP contribution is 2.46. The predicted molar refractivity (Wildman–Crippen MR) is 135 cm³/mol. The van der Waals surface area contributed by atoms with E-state index in [1.165, 1.54) is 30.3 Å². The van der Waals surface area contributed by atoms with Crippen molar-refractivity contribution in [2.24, 2.45) is 11.3 Å². The molecular formula is C28H39N3O. The topological polar surface area (TPSA) is 39.1 Å². The van der Waals surface area contributed by atoms with Gasteiger partial charge in [-0.25, -0.2) is 4.98 Å². The van der Waals surface area contributed by atoms with Crippen molar-refractivity contribution in [1.29, 1.82) is 0 Å². The lowest BCUT2D eigenvalue weighted by atomic mass is 9.70. The van der Waals surface area contributed by atoms with Crippen LogP contribution in [0.15, 0.2) is 42.5 Å². The molecule has 0 saturated heterocycles. The highest BCUT2D eigenvalue weighted by molar-refractivity contribution is 5.80. The van der Waals surface area contributed by atoms with Crippen LogP contribution in [0.1, 0.15) is 78.8 Å². The Labute approximate surface area is 193 Å². The molecule has 4 nitrogen and oxygen atoms in total. The molecule has 1 saturated carbocycles. The van der Waals surface area contributed by atoms with Crippen LogP contribution in [0.25, 0.3) is 11.0 Å². The van der Waals surface area contributed by atoms with E-state index < -0.39 is 0 Å². The fourth-order valence-corrected chi connectivity index (χ4v) is 5.56. The summed E-state index contributed by atoms with van der Waals surface area (Å²) in [6.07, 6.45) is 6.08. The maximum absolute atomic E-state index is 5.81. The van der Waals surface area contributed by atoms with Gasteiger partial charge in [0.1, 0.15) is 5.75 Å². The van der Waals surface area contributed by atoms with Gasteiger partial charge in [0, 0.05) is 11.7 Å². The van der Waals surface area contributed by atoms with Crippen LogP contribution >= 0.6 is 0 Å². The molecule has 32 heavy (non-hydrogen) atoms. The standard InChI is InChI=1S/C28H39N3O/c1-7-8-21-9-14-26-25(16-21)30-27(29-22-10-12-24(13-11-22)32-19(2)3)31(26)23-15-20(4)17-28(5,6)18-23/h9-14,16,19-20,23H,7-8,15,17-18H2,1-6H3,(H,29,30)/t20-,23+/m1/s1. The molecule has 1 aliphatic carbocycles. The molecule has 1 aliphatic rings. The quantitative estimate of drug-likeness (QED) is 0.411. The van der Waals surface area contributed by atoms with Gasteiger partial charge in [0.05, 0.1) is 17.1 Å². The number of benzene rings is 2. The van der Waals surface area contributed by atoms with E-state index in [-0.39, 0.29) is 6.10 Å². The molecule has 0 radical (unpaired) electrons. The van der Waals surface area contributed by atoms with Gasteiger partial charge in [-0.2, -0.15) is 0 Å². The van der Waals surface area contributed by atoms with Gasteiger partial charge in [-0.1, -0.05) is 40.2 Å². The third kappa shape index (κ3) is 5.11. The lowest BCUT2D eigenvalue weighted by molar-refractivity contribution is 0.140. The molecule has 172 valence electrons. The van der Waals surface area contributed by atoms with E-state index in [9.17, 15) is 0 Å². The number of ether oxygens (including phenoxy) is 1. The summed E-state index contributed by atoms with van der Waals surface area (Å²) < 4.78 is 8.28. The minimum atomic E-state index is 0.173. The first-order chi connectivity index (χ1) is 15.2. The molecular weight excluding hydrogens is 394 g/mol. The van der Waals surface area contributed by atoms with Gasteiger partial charge in [-0.3, -0.25) is 0 Å². The molecule has 4 rings (SSSR count). The Morgan fingerprint density at radius 1 is 1.12 bits per heavy atom. The van der Waals surface area contributed by atoms with Gasteiger partial charge >= 0.3 is 0 Å². The zero-order chi connectivity index (χ0) is 22.9. The zero-order valence-corrected chi connectivity index (χ0v) is 20.6. The molecule has 1 heterocycles. The number of hydrogen-bond acceptors (Lipinski definition) is 3. The van der Waals surface area contributed by atoms with Gasteiger partial charge in [0.2, 0.25) is 5.95 Å². The Kier molecular flexibility index (Phi) is 6.50. The van der Waals surface area contributed by atoms with E-state index in [0.717, 1.165) is 35.7 Å². The number of nitrogens with zero attached hydrogens (tertiary/aromatic N) is 2. The van der Waals surface area contributed by atoms with Gasteiger partial charge in [-0.05, 0) is 92.8 Å². The Morgan fingerprint density at radius 3 is 2.53 bits per heavy atom. The van der Waals surface area contributed by atoms with Crippen molar-refractivity contribution in [3.8, 4) is 5.75 Å². The number of anilines is 2. The third-order valence-electron chi connectivity index (χ3n) is 6.50. The third-order valence-corrected chi connectivity index (χ3v) is 6.50. The number of aryl methyl sites for hydroxylation is 1. The highest BCUT2D eigenvalue weighted by atomic mass is 16.5. The first-order valence-corrected chi connectivity index (χ1v) is 12.3. The molecule has 0 spiro atoms. The molecule has 2 atom stereocenters. The predicted octanol–water partition coefficient (Wildman–Crippen LogP) is 7.91. The molecule has 1 aromatic heterocycles. The van der Waals surface area contributed by atoms with Crippen LogP contribution in [0.4, 0.5) is 11.6 Å². The SMILES string of the molecule is CCCc1ccc2c(c1)nc(Nc1ccc(OC(C)C)cc1)n2[C@H]1C[C@@H](C)CC(C)(C)C1. The summed E-state index contributed by atoms with van der Waals surface area (Å²) >= 11 is 0. The van der Waals surface area contributed by atoms with Crippen molar-refractivity contribution in [2.45, 2.75) is 85.8 Å². The second kappa shape index (κ2) is 9.17. The normalized spacial score (nSPS) is 20.6. The van der Waals surface area contributed by atoms with Gasteiger partial charge < -0.3 is 14.6 Å². The molecule has 0 amide bonds. The number of imidazole rings is 1. The number of fused-ring (bicyclic) bond motifs is 1. The smallest absolute Gasteiger partial charge is 0.208 e. The second-order valence-electron chi connectivity index (χ2n) is 10.8. The van der Waals surface area contributed by atoms with Crippen LogP contribution in [-0.4, -0.2) is 15.7 Å². The highest BCUT2D eigenvalue weighted by Gasteiger charge is 2.34. The van der Waals surface area contributed by atoms with Crippen LogP contribution in [-0.2, 0) is 6.42 Å². The van der Waals surface area contributed by atoms with Crippen LogP contribution < -0.4 is 10.1 Å². The van der Waals surface area contributed by atoms with E-state index >= 15 is 0 Å². The molecule has 4 heteroatoms. The zero-order valence-electron chi connectivity index (χ0n) is 20.6. The Bertz CT molecular complexity index is 1050. The van der Waals surface area contributed by atoms with Crippen molar-refractivity contribution in [3.63, 3.8) is 0 Å². The van der Waals surface area contributed by atoms with E-state index in [4.69, 9.17) is 9.72 Å². The molecule has 0 aliphatic heterocycles. The van der Waals surface area contributed by atoms with Crippen molar-refractivity contribution >= 4 is 22.7 Å². The van der Waals surface area contributed by atoms with Crippen LogP contribution in [0.3, 0.4) is 0 Å². The molecule has 1 N–H and O–H groups in total. The fourth-order valence-electron chi connectivity index (χ4n) is 5.56. The van der Waals surface area contributed by atoms with E-state index in [2.05, 4.69) is 67.9 Å². The van der Waals surface area contributed by atoms with Crippen molar-refractivity contribution in [3.05, 3.63) is 48.0 Å². The molecule has 0 bridgehead atoms.